The predicted octanol–water partition coefficient (Wildman–Crippen LogP) is 3.49. The Kier molecular flexibility index (Phi) is 5.55. The molecule has 21 heavy (non-hydrogen) atoms. The summed E-state index contributed by atoms with van der Waals surface area (Å²) in [6, 6.07) is 4.21. The van der Waals surface area contributed by atoms with Crippen LogP contribution < -0.4 is 5.32 Å². The average Bonchev–Trinajstić information content (AvgIpc) is 2.89. The monoisotopic (exact) mass is 393 g/mol. The molecule has 0 spiro atoms. The van der Waals surface area contributed by atoms with Crippen molar-refractivity contribution in [2.45, 2.75) is 39.2 Å². The number of sulfone groups is 1. The van der Waals surface area contributed by atoms with Crippen LogP contribution in [0.2, 0.25) is 0 Å². The molecule has 1 aromatic rings. The maximum absolute atomic E-state index is 11.8. The summed E-state index contributed by atoms with van der Waals surface area (Å²) in [4.78, 5) is 1.33. The summed E-state index contributed by atoms with van der Waals surface area (Å²) < 4.78 is 24.7. The van der Waals surface area contributed by atoms with Crippen LogP contribution in [0.15, 0.2) is 15.9 Å². The summed E-state index contributed by atoms with van der Waals surface area (Å²) >= 11 is 5.25. The fourth-order valence-electron chi connectivity index (χ4n) is 2.76. The van der Waals surface area contributed by atoms with Gasteiger partial charge in [-0.3, -0.25) is 0 Å². The lowest BCUT2D eigenvalue weighted by Gasteiger charge is -2.28. The van der Waals surface area contributed by atoms with Crippen molar-refractivity contribution in [3.05, 3.63) is 20.8 Å². The van der Waals surface area contributed by atoms with E-state index in [4.69, 9.17) is 0 Å². The molecular weight excluding hydrogens is 370 g/mol. The largest absolute Gasteiger partial charge is 0.312 e. The average molecular weight is 394 g/mol. The van der Waals surface area contributed by atoms with Crippen LogP contribution in [0.1, 0.15) is 32.1 Å². The molecule has 0 amide bonds. The van der Waals surface area contributed by atoms with E-state index in [-0.39, 0.29) is 11.5 Å². The van der Waals surface area contributed by atoms with Gasteiger partial charge in [0.25, 0.3) is 0 Å². The number of hydrogen-bond acceptors (Lipinski definition) is 4. The number of rotatable bonds is 5. The molecule has 2 rings (SSSR count). The van der Waals surface area contributed by atoms with Gasteiger partial charge >= 0.3 is 0 Å². The summed E-state index contributed by atoms with van der Waals surface area (Å²) in [5, 5.41) is 3.55. The summed E-state index contributed by atoms with van der Waals surface area (Å²) in [6.07, 6.45) is 1.77. The van der Waals surface area contributed by atoms with Crippen LogP contribution in [0.25, 0.3) is 0 Å². The molecule has 1 N–H and O–H groups in total. The highest BCUT2D eigenvalue weighted by Crippen LogP contribution is 2.31. The highest BCUT2D eigenvalue weighted by molar-refractivity contribution is 9.11. The van der Waals surface area contributed by atoms with E-state index >= 15 is 0 Å². The molecule has 1 aliphatic heterocycles. The lowest BCUT2D eigenvalue weighted by molar-refractivity contribution is 0.303. The molecule has 0 aliphatic carbocycles. The second-order valence-corrected chi connectivity index (χ2v) is 11.7. The third-order valence-electron chi connectivity index (χ3n) is 3.92. The van der Waals surface area contributed by atoms with Crippen LogP contribution >= 0.6 is 27.3 Å². The first-order valence-electron chi connectivity index (χ1n) is 7.34. The summed E-state index contributed by atoms with van der Waals surface area (Å²) in [5.74, 6) is 1.38. The molecule has 1 saturated heterocycles. The van der Waals surface area contributed by atoms with Crippen molar-refractivity contribution in [1.82, 2.24) is 5.32 Å². The van der Waals surface area contributed by atoms with Crippen molar-refractivity contribution in [2.24, 2.45) is 11.8 Å². The third-order valence-corrected chi connectivity index (χ3v) is 7.36. The topological polar surface area (TPSA) is 46.2 Å². The molecule has 0 saturated carbocycles. The molecule has 2 heterocycles. The lowest BCUT2D eigenvalue weighted by atomic mass is 9.87. The third kappa shape index (κ3) is 5.66. The number of thiophene rings is 1. The fraction of sp³-hybridized carbons (Fsp3) is 0.733. The number of hydrogen-bond donors (Lipinski definition) is 1. The van der Waals surface area contributed by atoms with E-state index in [0.717, 1.165) is 23.2 Å². The minimum absolute atomic E-state index is 0.0613. The first-order valence-corrected chi connectivity index (χ1v) is 10.8. The van der Waals surface area contributed by atoms with Gasteiger partial charge in [0.2, 0.25) is 0 Å². The molecule has 120 valence electrons. The molecule has 0 radical (unpaired) electrons. The molecule has 1 fully saturated rings. The number of halogens is 1. The van der Waals surface area contributed by atoms with Crippen LogP contribution in [0, 0.1) is 11.8 Å². The normalized spacial score (nSPS) is 23.3. The Balaban J connectivity index is 2.06. The van der Waals surface area contributed by atoms with Crippen LogP contribution in [0.3, 0.4) is 0 Å². The van der Waals surface area contributed by atoms with E-state index in [2.05, 4.69) is 54.2 Å². The van der Waals surface area contributed by atoms with Crippen molar-refractivity contribution >= 4 is 37.1 Å². The number of nitrogens with one attached hydrogen (secondary N) is 1. The molecule has 0 aromatic carbocycles. The van der Waals surface area contributed by atoms with Gasteiger partial charge in [0.15, 0.2) is 9.84 Å². The SMILES string of the molecule is CC(C)(C)NCC(Cc1ccc(Br)s1)C1CCS(=O)(=O)C1. The highest BCUT2D eigenvalue weighted by atomic mass is 79.9. The Hall–Kier alpha value is 0.0900. The first-order chi connectivity index (χ1) is 9.65. The van der Waals surface area contributed by atoms with Gasteiger partial charge in [-0.2, -0.15) is 0 Å². The molecule has 2 atom stereocenters. The van der Waals surface area contributed by atoms with E-state index < -0.39 is 9.84 Å². The van der Waals surface area contributed by atoms with Crippen molar-refractivity contribution in [2.75, 3.05) is 18.1 Å². The zero-order valence-electron chi connectivity index (χ0n) is 12.9. The van der Waals surface area contributed by atoms with E-state index in [9.17, 15) is 8.42 Å². The standard InChI is InChI=1S/C15H24BrNO2S2/c1-15(2,3)17-9-12(8-13-4-5-14(16)20-13)11-6-7-21(18,19)10-11/h4-5,11-12,17H,6-10H2,1-3H3. The smallest absolute Gasteiger partial charge is 0.150 e. The Morgan fingerprint density at radius 2 is 2.14 bits per heavy atom. The van der Waals surface area contributed by atoms with E-state index in [1.165, 1.54) is 4.88 Å². The summed E-state index contributed by atoms with van der Waals surface area (Å²) in [7, 11) is -2.81. The minimum Gasteiger partial charge on any atom is -0.312 e. The Labute approximate surface area is 140 Å². The molecule has 0 bridgehead atoms. The van der Waals surface area contributed by atoms with Gasteiger partial charge in [0, 0.05) is 10.4 Å². The van der Waals surface area contributed by atoms with Gasteiger partial charge in [0.1, 0.15) is 0 Å². The van der Waals surface area contributed by atoms with Crippen molar-refractivity contribution in [3.63, 3.8) is 0 Å². The van der Waals surface area contributed by atoms with Crippen molar-refractivity contribution < 1.29 is 8.42 Å². The van der Waals surface area contributed by atoms with Crippen LogP contribution in [-0.4, -0.2) is 32.0 Å². The van der Waals surface area contributed by atoms with Crippen LogP contribution in [0.5, 0.6) is 0 Å². The molecule has 1 aromatic heterocycles. The summed E-state index contributed by atoms with van der Waals surface area (Å²) in [6.45, 7) is 7.32. The first kappa shape index (κ1) is 17.4. The maximum Gasteiger partial charge on any atom is 0.150 e. The van der Waals surface area contributed by atoms with E-state index in [0.29, 0.717) is 17.4 Å². The minimum atomic E-state index is -2.81. The quantitative estimate of drug-likeness (QED) is 0.832. The second kappa shape index (κ2) is 6.69. The van der Waals surface area contributed by atoms with Gasteiger partial charge in [-0.15, -0.1) is 11.3 Å². The van der Waals surface area contributed by atoms with Gasteiger partial charge in [-0.05, 0) is 80.1 Å². The maximum atomic E-state index is 11.8. The lowest BCUT2D eigenvalue weighted by Crippen LogP contribution is -2.41. The van der Waals surface area contributed by atoms with Crippen molar-refractivity contribution in [3.8, 4) is 0 Å². The molecule has 3 nitrogen and oxygen atoms in total. The molecular formula is C15H24BrNO2S2. The van der Waals surface area contributed by atoms with Crippen LogP contribution in [-0.2, 0) is 16.3 Å². The van der Waals surface area contributed by atoms with Crippen LogP contribution in [0.4, 0.5) is 0 Å². The van der Waals surface area contributed by atoms with Crippen molar-refractivity contribution in [1.29, 1.82) is 0 Å². The van der Waals surface area contributed by atoms with Gasteiger partial charge in [0.05, 0.1) is 15.3 Å². The van der Waals surface area contributed by atoms with E-state index in [1.54, 1.807) is 11.3 Å². The highest BCUT2D eigenvalue weighted by Gasteiger charge is 2.34. The zero-order valence-corrected chi connectivity index (χ0v) is 16.1. The Morgan fingerprint density at radius 1 is 1.43 bits per heavy atom. The van der Waals surface area contributed by atoms with Gasteiger partial charge < -0.3 is 5.32 Å². The summed E-state index contributed by atoms with van der Waals surface area (Å²) in [5.41, 5.74) is 0.0613. The Morgan fingerprint density at radius 3 is 2.62 bits per heavy atom. The zero-order chi connectivity index (χ0) is 15.7. The van der Waals surface area contributed by atoms with E-state index in [1.807, 2.05) is 0 Å². The molecule has 6 heteroatoms. The molecule has 1 aliphatic rings. The predicted molar refractivity (Wildman–Crippen MR) is 93.7 cm³/mol. The molecule has 2 unspecified atom stereocenters. The van der Waals surface area contributed by atoms with Gasteiger partial charge in [-0.1, -0.05) is 0 Å². The van der Waals surface area contributed by atoms with Gasteiger partial charge in [-0.25, -0.2) is 8.42 Å². The second-order valence-electron chi connectivity index (χ2n) is 6.96. The Bertz CT molecular complexity index is 575. The fourth-order valence-corrected chi connectivity index (χ4v) is 6.25.